The fourth-order valence-corrected chi connectivity index (χ4v) is 3.89. The van der Waals surface area contributed by atoms with Crippen molar-refractivity contribution in [1.82, 2.24) is 15.2 Å². The van der Waals surface area contributed by atoms with Crippen LogP contribution in [0.3, 0.4) is 0 Å². The fourth-order valence-electron chi connectivity index (χ4n) is 3.89. The van der Waals surface area contributed by atoms with Crippen molar-refractivity contribution in [3.63, 3.8) is 0 Å². The molecule has 6 nitrogen and oxygen atoms in total. The molecule has 0 spiro atoms. The maximum Gasteiger partial charge on any atom is 0.259 e. The van der Waals surface area contributed by atoms with Crippen LogP contribution < -0.4 is 10.2 Å². The Hall–Kier alpha value is -2.93. The van der Waals surface area contributed by atoms with Crippen LogP contribution in [0.5, 0.6) is 0 Å². The van der Waals surface area contributed by atoms with Crippen molar-refractivity contribution in [2.45, 2.75) is 27.2 Å². The molecule has 30 heavy (non-hydrogen) atoms. The molecule has 3 rings (SSSR count). The Balaban J connectivity index is 2.01. The summed E-state index contributed by atoms with van der Waals surface area (Å²) < 4.78 is 14.0. The molecular weight excluding hydrogens is 383 g/mol. The van der Waals surface area contributed by atoms with Gasteiger partial charge in [-0.25, -0.2) is 4.39 Å². The number of carbonyl (C=O) groups is 2. The number of halogens is 1. The zero-order valence-electron chi connectivity index (χ0n) is 18.2. The smallest absolute Gasteiger partial charge is 0.259 e. The van der Waals surface area contributed by atoms with Gasteiger partial charge in [-0.2, -0.15) is 0 Å². The van der Waals surface area contributed by atoms with Gasteiger partial charge in [-0.3, -0.25) is 9.59 Å². The number of rotatable bonds is 7. The van der Waals surface area contributed by atoms with Crippen molar-refractivity contribution in [1.29, 1.82) is 0 Å². The molecule has 2 heterocycles. The number of aryl methyl sites for hydroxylation is 1. The average molecular weight is 413 g/mol. The third-order valence-electron chi connectivity index (χ3n) is 5.33. The van der Waals surface area contributed by atoms with E-state index in [4.69, 9.17) is 0 Å². The first-order chi connectivity index (χ1) is 14.2. The van der Waals surface area contributed by atoms with E-state index in [1.165, 1.54) is 12.1 Å². The lowest BCUT2D eigenvalue weighted by atomic mass is 10.0. The van der Waals surface area contributed by atoms with E-state index in [1.807, 2.05) is 34.9 Å². The molecule has 1 aliphatic rings. The van der Waals surface area contributed by atoms with Gasteiger partial charge in [-0.15, -0.1) is 0 Å². The molecule has 1 aromatic carbocycles. The van der Waals surface area contributed by atoms with Gasteiger partial charge in [-0.1, -0.05) is 0 Å². The second kappa shape index (κ2) is 8.83. The fraction of sp³-hybridized carbons (Fsp3) is 0.391. The summed E-state index contributed by atoms with van der Waals surface area (Å²) in [5.74, 6) is -0.687. The van der Waals surface area contributed by atoms with Crippen LogP contribution in [-0.2, 0) is 4.79 Å². The third kappa shape index (κ3) is 4.16. The largest absolute Gasteiger partial charge is 0.358 e. The lowest BCUT2D eigenvalue weighted by Crippen LogP contribution is -2.29. The number of aromatic amines is 1. The highest BCUT2D eigenvalue weighted by Gasteiger charge is 2.33. The van der Waals surface area contributed by atoms with Gasteiger partial charge in [0.25, 0.3) is 11.8 Å². The summed E-state index contributed by atoms with van der Waals surface area (Å²) in [5.41, 5.74) is 4.49. The number of hydrogen-bond acceptors (Lipinski definition) is 3. The highest BCUT2D eigenvalue weighted by atomic mass is 19.1. The Morgan fingerprint density at radius 3 is 2.70 bits per heavy atom. The van der Waals surface area contributed by atoms with Crippen LogP contribution >= 0.6 is 0 Å². The predicted molar refractivity (Wildman–Crippen MR) is 118 cm³/mol. The Morgan fingerprint density at radius 2 is 2.03 bits per heavy atom. The van der Waals surface area contributed by atoms with Crippen molar-refractivity contribution in [2.24, 2.45) is 0 Å². The molecule has 0 bridgehead atoms. The number of hydrogen-bond donors (Lipinski definition) is 2. The number of carbonyl (C=O) groups excluding carboxylic acids is 2. The van der Waals surface area contributed by atoms with E-state index in [2.05, 4.69) is 15.2 Å². The number of fused-ring (bicyclic) bond motifs is 1. The Kier molecular flexibility index (Phi) is 6.41. The maximum atomic E-state index is 14.0. The van der Waals surface area contributed by atoms with E-state index >= 15 is 0 Å². The molecule has 2 amide bonds. The van der Waals surface area contributed by atoms with Crippen LogP contribution in [0, 0.1) is 19.7 Å². The molecule has 0 aliphatic carbocycles. The van der Waals surface area contributed by atoms with E-state index in [0.29, 0.717) is 35.5 Å². The molecule has 1 aromatic heterocycles. The zero-order valence-corrected chi connectivity index (χ0v) is 18.2. The topological polar surface area (TPSA) is 68.4 Å². The number of aromatic nitrogens is 1. The molecule has 0 unspecified atom stereocenters. The van der Waals surface area contributed by atoms with Gasteiger partial charge >= 0.3 is 0 Å². The molecule has 7 heteroatoms. The zero-order chi connectivity index (χ0) is 22.0. The van der Waals surface area contributed by atoms with Gasteiger partial charge < -0.3 is 20.1 Å². The van der Waals surface area contributed by atoms with E-state index in [9.17, 15) is 14.0 Å². The van der Waals surface area contributed by atoms with Crippen molar-refractivity contribution in [2.75, 3.05) is 38.6 Å². The average Bonchev–Trinajstić information content (AvgIpc) is 3.09. The Bertz CT molecular complexity index is 1010. The first-order valence-electron chi connectivity index (χ1n) is 10.2. The first kappa shape index (κ1) is 21.8. The van der Waals surface area contributed by atoms with Crippen molar-refractivity contribution in [3.05, 3.63) is 52.1 Å². The molecule has 1 aliphatic heterocycles. The molecule has 0 saturated carbocycles. The lowest BCUT2D eigenvalue weighted by molar-refractivity contribution is -0.113. The van der Waals surface area contributed by atoms with Crippen molar-refractivity contribution in [3.8, 4) is 0 Å². The van der Waals surface area contributed by atoms with E-state index in [0.717, 1.165) is 29.9 Å². The second-order valence-electron chi connectivity index (χ2n) is 7.86. The number of nitrogens with zero attached hydrogens (tertiary/aromatic N) is 2. The van der Waals surface area contributed by atoms with Gasteiger partial charge in [0.1, 0.15) is 5.82 Å². The summed E-state index contributed by atoms with van der Waals surface area (Å²) in [4.78, 5) is 32.6. The third-order valence-corrected chi connectivity index (χ3v) is 5.33. The predicted octanol–water partition coefficient (Wildman–Crippen LogP) is 3.36. The van der Waals surface area contributed by atoms with E-state index < -0.39 is 0 Å². The summed E-state index contributed by atoms with van der Waals surface area (Å²) in [7, 11) is 3.98. The number of nitrogens with one attached hydrogen (secondary N) is 2. The first-order valence-corrected chi connectivity index (χ1v) is 10.2. The number of anilines is 1. The summed E-state index contributed by atoms with van der Waals surface area (Å²) in [6, 6.07) is 4.44. The molecule has 2 aromatic rings. The highest BCUT2D eigenvalue weighted by Crippen LogP contribution is 2.38. The van der Waals surface area contributed by atoms with Crippen molar-refractivity contribution < 1.29 is 14.0 Å². The SMILES string of the molecule is CCNC(=O)c1c(C)[nH]c(/C=C2\C(=O)N(CCCN(C)C)c3ccc(F)cc32)c1C. The van der Waals surface area contributed by atoms with Crippen LogP contribution in [0.4, 0.5) is 10.1 Å². The molecule has 0 saturated heterocycles. The molecule has 0 fully saturated rings. The normalized spacial score (nSPS) is 14.7. The minimum absolute atomic E-state index is 0.150. The van der Waals surface area contributed by atoms with Gasteiger partial charge in [0.2, 0.25) is 0 Å². The second-order valence-corrected chi connectivity index (χ2v) is 7.86. The Morgan fingerprint density at radius 1 is 1.30 bits per heavy atom. The minimum atomic E-state index is -0.384. The minimum Gasteiger partial charge on any atom is -0.358 e. The molecule has 0 radical (unpaired) electrons. The summed E-state index contributed by atoms with van der Waals surface area (Å²) in [5, 5.41) is 2.81. The Labute approximate surface area is 176 Å². The monoisotopic (exact) mass is 412 g/mol. The number of amides is 2. The number of benzene rings is 1. The quantitative estimate of drug-likeness (QED) is 0.686. The summed E-state index contributed by atoms with van der Waals surface area (Å²) in [6.07, 6.45) is 2.54. The molecular formula is C23H29FN4O2. The van der Waals surface area contributed by atoms with E-state index in [-0.39, 0.29) is 17.6 Å². The van der Waals surface area contributed by atoms with Crippen LogP contribution in [0.25, 0.3) is 11.6 Å². The summed E-state index contributed by atoms with van der Waals surface area (Å²) in [6.45, 7) is 7.49. The number of H-pyrrole nitrogens is 1. The van der Waals surface area contributed by atoms with Crippen molar-refractivity contribution >= 4 is 29.2 Å². The standard InChI is InChI=1S/C23H29FN4O2/c1-6-25-22(29)21-14(2)19(26-15(21)3)13-18-17-12-16(24)8-9-20(17)28(23(18)30)11-7-10-27(4)5/h8-9,12-13,26H,6-7,10-11H2,1-5H3,(H,25,29)/b18-13-. The lowest BCUT2D eigenvalue weighted by Gasteiger charge is -2.18. The maximum absolute atomic E-state index is 14.0. The van der Waals surface area contributed by atoms with Gasteiger partial charge in [0.15, 0.2) is 0 Å². The van der Waals surface area contributed by atoms with Gasteiger partial charge in [0.05, 0.1) is 16.8 Å². The molecule has 160 valence electrons. The highest BCUT2D eigenvalue weighted by molar-refractivity contribution is 6.35. The van der Waals surface area contributed by atoms with Gasteiger partial charge in [0, 0.05) is 30.0 Å². The van der Waals surface area contributed by atoms with E-state index in [1.54, 1.807) is 17.0 Å². The summed E-state index contributed by atoms with van der Waals surface area (Å²) >= 11 is 0. The van der Waals surface area contributed by atoms with Crippen LogP contribution in [-0.4, -0.2) is 55.4 Å². The molecule has 0 atom stereocenters. The van der Waals surface area contributed by atoms with Gasteiger partial charge in [-0.05, 0) is 77.7 Å². The molecule has 2 N–H and O–H groups in total. The van der Waals surface area contributed by atoms with Crippen LogP contribution in [0.1, 0.15) is 46.2 Å². The van der Waals surface area contributed by atoms with Crippen LogP contribution in [0.2, 0.25) is 0 Å². The van der Waals surface area contributed by atoms with Crippen LogP contribution in [0.15, 0.2) is 18.2 Å².